The number of sulfone groups is 1. The molecule has 220 valence electrons. The molecule has 4 N–H and O–H groups in total. The van der Waals surface area contributed by atoms with E-state index in [1.54, 1.807) is 32.0 Å². The first kappa shape index (κ1) is 30.2. The van der Waals surface area contributed by atoms with Crippen molar-refractivity contribution in [3.63, 3.8) is 0 Å². The Morgan fingerprint density at radius 3 is 2.39 bits per heavy atom. The summed E-state index contributed by atoms with van der Waals surface area (Å²) >= 11 is 0. The Kier molecular flexibility index (Phi) is 10.1. The van der Waals surface area contributed by atoms with Crippen LogP contribution in [0, 0.1) is 5.92 Å². The molecule has 0 spiro atoms. The van der Waals surface area contributed by atoms with Crippen molar-refractivity contribution in [2.45, 2.75) is 49.2 Å². The number of nitrogens with one attached hydrogen (secondary N) is 1. The molecule has 0 aliphatic carbocycles. The molecule has 0 saturated heterocycles. The summed E-state index contributed by atoms with van der Waals surface area (Å²) in [4.78, 5) is 11.7. The topological polar surface area (TPSA) is 146 Å². The van der Waals surface area contributed by atoms with Gasteiger partial charge in [0.05, 0.1) is 11.5 Å². The molecule has 1 aliphatic heterocycles. The number of aliphatic hydroxyl groups is 1. The quantitative estimate of drug-likeness (QED) is 0.259. The molecule has 1 heterocycles. The molecule has 41 heavy (non-hydrogen) atoms. The van der Waals surface area contributed by atoms with Gasteiger partial charge in [-0.1, -0.05) is 56.3 Å². The van der Waals surface area contributed by atoms with Gasteiger partial charge in [0.1, 0.15) is 23.3 Å². The maximum absolute atomic E-state index is 13.5. The van der Waals surface area contributed by atoms with Gasteiger partial charge in [-0.3, -0.25) is 5.32 Å². The predicted octanol–water partition coefficient (Wildman–Crippen LogP) is 3.45. The van der Waals surface area contributed by atoms with Crippen LogP contribution in [0.5, 0.6) is 17.2 Å². The Morgan fingerprint density at radius 2 is 1.71 bits per heavy atom. The van der Waals surface area contributed by atoms with E-state index in [1.807, 2.05) is 42.5 Å². The van der Waals surface area contributed by atoms with Crippen LogP contribution in [-0.2, 0) is 27.4 Å². The van der Waals surface area contributed by atoms with Crippen molar-refractivity contribution in [1.82, 2.24) is 5.32 Å². The van der Waals surface area contributed by atoms with E-state index in [0.717, 1.165) is 12.0 Å². The van der Waals surface area contributed by atoms with Crippen LogP contribution in [0.2, 0.25) is 0 Å². The molecule has 0 saturated carbocycles. The summed E-state index contributed by atoms with van der Waals surface area (Å²) in [5.41, 5.74) is 7.23. The SMILES string of the molecule is CC(C)C(NCC(O)C(Cc1ccc(OCCc2ccccc2)cc1)OC(N)=O)S(=O)(=O)c1ccc2c(c1)OCO2. The second-order valence-electron chi connectivity index (χ2n) is 10.1. The standard InChI is InChI=1S/C30H36N2O8S/c1-20(2)29(41(35,36)24-12-13-26-28(17-24)39-19-38-26)32-18-25(33)27(40-30(31)34)16-22-8-10-23(11-9-22)37-15-14-21-6-4-3-5-7-21/h3-13,17,20,25,27,29,32-33H,14-16,18-19H2,1-2H3,(H2,31,34). The number of fused-ring (bicyclic) bond motifs is 1. The molecule has 1 amide bonds. The van der Waals surface area contributed by atoms with E-state index >= 15 is 0 Å². The molecule has 1 aliphatic rings. The monoisotopic (exact) mass is 584 g/mol. The first-order valence-electron chi connectivity index (χ1n) is 13.4. The van der Waals surface area contributed by atoms with Gasteiger partial charge in [0, 0.05) is 25.5 Å². The summed E-state index contributed by atoms with van der Waals surface area (Å²) in [5.74, 6) is 1.18. The highest BCUT2D eigenvalue weighted by Gasteiger charge is 2.33. The molecule has 0 fully saturated rings. The van der Waals surface area contributed by atoms with Crippen molar-refractivity contribution in [1.29, 1.82) is 0 Å². The number of aliphatic hydroxyl groups excluding tert-OH is 1. The Morgan fingerprint density at radius 1 is 1.00 bits per heavy atom. The lowest BCUT2D eigenvalue weighted by Crippen LogP contribution is -2.48. The van der Waals surface area contributed by atoms with E-state index in [4.69, 9.17) is 24.7 Å². The number of amides is 1. The second kappa shape index (κ2) is 13.7. The summed E-state index contributed by atoms with van der Waals surface area (Å²) in [6.45, 7) is 3.91. The van der Waals surface area contributed by atoms with Crippen LogP contribution in [0.4, 0.5) is 4.79 Å². The fraction of sp³-hybridized carbons (Fsp3) is 0.367. The average Bonchev–Trinajstić information content (AvgIpc) is 3.42. The largest absolute Gasteiger partial charge is 0.493 e. The fourth-order valence-electron chi connectivity index (χ4n) is 4.56. The third-order valence-electron chi connectivity index (χ3n) is 6.70. The molecule has 3 aromatic carbocycles. The predicted molar refractivity (Wildman–Crippen MR) is 153 cm³/mol. The van der Waals surface area contributed by atoms with Crippen LogP contribution >= 0.6 is 0 Å². The van der Waals surface area contributed by atoms with Crippen LogP contribution in [0.15, 0.2) is 77.7 Å². The van der Waals surface area contributed by atoms with Gasteiger partial charge in [-0.15, -0.1) is 0 Å². The molecule has 3 aromatic rings. The summed E-state index contributed by atoms with van der Waals surface area (Å²) in [7, 11) is -3.86. The first-order chi connectivity index (χ1) is 19.6. The lowest BCUT2D eigenvalue weighted by molar-refractivity contribution is 0.00665. The molecule has 3 unspecified atom stereocenters. The smallest absolute Gasteiger partial charge is 0.404 e. The summed E-state index contributed by atoms with van der Waals surface area (Å²) in [5, 5.41) is 12.9. The Hall–Kier alpha value is -3.80. The lowest BCUT2D eigenvalue weighted by Gasteiger charge is -2.27. The van der Waals surface area contributed by atoms with Crippen LogP contribution < -0.4 is 25.3 Å². The zero-order valence-corrected chi connectivity index (χ0v) is 23.9. The number of ether oxygens (including phenoxy) is 4. The van der Waals surface area contributed by atoms with Crippen LogP contribution in [0.1, 0.15) is 25.0 Å². The summed E-state index contributed by atoms with van der Waals surface area (Å²) in [6, 6.07) is 21.7. The van der Waals surface area contributed by atoms with Crippen molar-refractivity contribution in [2.24, 2.45) is 11.7 Å². The summed E-state index contributed by atoms with van der Waals surface area (Å²) in [6.07, 6.45) is -2.35. The second-order valence-corrected chi connectivity index (χ2v) is 12.2. The highest BCUT2D eigenvalue weighted by atomic mass is 32.2. The van der Waals surface area contributed by atoms with Crippen molar-refractivity contribution >= 4 is 15.9 Å². The molecule has 0 bridgehead atoms. The van der Waals surface area contributed by atoms with Crippen LogP contribution in [-0.4, -0.2) is 57.1 Å². The Bertz CT molecular complexity index is 1400. The van der Waals surface area contributed by atoms with Crippen molar-refractivity contribution < 1.29 is 37.3 Å². The first-order valence-corrected chi connectivity index (χ1v) is 14.9. The number of primary amides is 1. The van der Waals surface area contributed by atoms with Crippen molar-refractivity contribution in [2.75, 3.05) is 19.9 Å². The molecular formula is C30H36N2O8S. The third kappa shape index (κ3) is 8.12. The van der Waals surface area contributed by atoms with Gasteiger partial charge in [0.25, 0.3) is 0 Å². The highest BCUT2D eigenvalue weighted by molar-refractivity contribution is 7.92. The van der Waals surface area contributed by atoms with E-state index in [9.17, 15) is 18.3 Å². The minimum absolute atomic E-state index is 0.0299. The van der Waals surface area contributed by atoms with E-state index in [0.29, 0.717) is 23.9 Å². The maximum atomic E-state index is 13.5. The third-order valence-corrected chi connectivity index (χ3v) is 8.99. The minimum atomic E-state index is -3.86. The number of hydrogen-bond donors (Lipinski definition) is 3. The lowest BCUT2D eigenvalue weighted by atomic mass is 10.0. The minimum Gasteiger partial charge on any atom is -0.493 e. The van der Waals surface area contributed by atoms with Crippen LogP contribution in [0.3, 0.4) is 0 Å². The number of carbonyl (C=O) groups is 1. The fourth-order valence-corrected chi connectivity index (χ4v) is 6.42. The number of rotatable bonds is 14. The van der Waals surface area contributed by atoms with Gasteiger partial charge in [-0.05, 0) is 41.3 Å². The zero-order chi connectivity index (χ0) is 29.4. The maximum Gasteiger partial charge on any atom is 0.404 e. The van der Waals surface area contributed by atoms with Gasteiger partial charge in [0.15, 0.2) is 21.3 Å². The molecule has 0 radical (unpaired) electrons. The van der Waals surface area contributed by atoms with Crippen molar-refractivity contribution in [3.8, 4) is 17.2 Å². The van der Waals surface area contributed by atoms with E-state index < -0.39 is 33.5 Å². The normalized spacial score (nSPS) is 14.8. The number of hydrogen-bond acceptors (Lipinski definition) is 9. The van der Waals surface area contributed by atoms with Gasteiger partial charge < -0.3 is 29.8 Å². The summed E-state index contributed by atoms with van der Waals surface area (Å²) < 4.78 is 48.5. The zero-order valence-electron chi connectivity index (χ0n) is 23.1. The van der Waals surface area contributed by atoms with Gasteiger partial charge >= 0.3 is 6.09 Å². The Labute approximate surface area is 240 Å². The van der Waals surface area contributed by atoms with Gasteiger partial charge in [0.2, 0.25) is 6.79 Å². The molecular weight excluding hydrogens is 548 g/mol. The van der Waals surface area contributed by atoms with Gasteiger partial charge in [-0.2, -0.15) is 0 Å². The molecule has 10 nitrogen and oxygen atoms in total. The van der Waals surface area contributed by atoms with Gasteiger partial charge in [-0.25, -0.2) is 13.2 Å². The highest BCUT2D eigenvalue weighted by Crippen LogP contribution is 2.35. The molecule has 4 rings (SSSR count). The molecule has 3 atom stereocenters. The van der Waals surface area contributed by atoms with Crippen molar-refractivity contribution in [3.05, 3.63) is 83.9 Å². The van der Waals surface area contributed by atoms with E-state index in [1.165, 1.54) is 17.7 Å². The van der Waals surface area contributed by atoms with E-state index in [-0.39, 0.29) is 30.6 Å². The molecule has 0 aromatic heterocycles. The van der Waals surface area contributed by atoms with E-state index in [2.05, 4.69) is 5.32 Å². The number of carbonyl (C=O) groups excluding carboxylic acids is 1. The number of nitrogens with two attached hydrogens (primary N) is 1. The van der Waals surface area contributed by atoms with Crippen LogP contribution in [0.25, 0.3) is 0 Å². The Balaban J connectivity index is 1.37. The average molecular weight is 585 g/mol. The molecule has 11 heteroatoms. The number of benzene rings is 3.